The van der Waals surface area contributed by atoms with Crippen molar-refractivity contribution >= 4 is 11.8 Å². The monoisotopic (exact) mass is 200 g/mol. The Kier molecular flexibility index (Phi) is 2.86. The van der Waals surface area contributed by atoms with E-state index >= 15 is 0 Å². The average Bonchev–Trinajstić information content (AvgIpc) is 2.35. The van der Waals surface area contributed by atoms with Crippen LogP contribution in [0.2, 0.25) is 0 Å². The highest BCUT2D eigenvalue weighted by Crippen LogP contribution is 2.38. The van der Waals surface area contributed by atoms with Crippen LogP contribution in [0.3, 0.4) is 0 Å². The van der Waals surface area contributed by atoms with Crippen molar-refractivity contribution in [1.82, 2.24) is 10.2 Å². The molecule has 0 aromatic carbocycles. The van der Waals surface area contributed by atoms with Crippen molar-refractivity contribution in [3.8, 4) is 0 Å². The highest BCUT2D eigenvalue weighted by molar-refractivity contribution is 8.00. The quantitative estimate of drug-likeness (QED) is 0.638. The second-order valence-corrected chi connectivity index (χ2v) is 5.91. The van der Waals surface area contributed by atoms with Gasteiger partial charge in [-0.2, -0.15) is 0 Å². The molecule has 2 aliphatic rings. The topological polar surface area (TPSA) is 15.3 Å². The van der Waals surface area contributed by atoms with Crippen LogP contribution in [-0.4, -0.2) is 41.7 Å². The van der Waals surface area contributed by atoms with E-state index in [2.05, 4.69) is 35.9 Å². The average molecular weight is 200 g/mol. The fourth-order valence-corrected chi connectivity index (χ4v) is 3.81. The van der Waals surface area contributed by atoms with Crippen molar-refractivity contribution in [1.29, 1.82) is 0 Å². The van der Waals surface area contributed by atoms with Crippen molar-refractivity contribution in [2.75, 3.05) is 25.9 Å². The maximum Gasteiger partial charge on any atom is 0.0660 e. The van der Waals surface area contributed by atoms with Gasteiger partial charge in [-0.05, 0) is 39.8 Å². The van der Waals surface area contributed by atoms with Gasteiger partial charge in [-0.15, -0.1) is 11.8 Å². The summed E-state index contributed by atoms with van der Waals surface area (Å²) < 4.78 is 0. The second-order valence-electron chi connectivity index (χ2n) is 4.51. The Hall–Kier alpha value is 0.270. The van der Waals surface area contributed by atoms with Crippen LogP contribution in [0.1, 0.15) is 26.2 Å². The minimum atomic E-state index is 0.435. The molecule has 2 nitrogen and oxygen atoms in total. The van der Waals surface area contributed by atoms with Crippen LogP contribution in [-0.2, 0) is 0 Å². The number of hydrogen-bond acceptors (Lipinski definition) is 3. The SMILES string of the molecule is CC1CSC2(CCCN(C)CC2)N1. The molecule has 76 valence electrons. The maximum atomic E-state index is 3.77. The first-order chi connectivity index (χ1) is 6.20. The first-order valence-electron chi connectivity index (χ1n) is 5.30. The summed E-state index contributed by atoms with van der Waals surface area (Å²) in [5, 5.41) is 3.77. The zero-order valence-corrected chi connectivity index (χ0v) is 9.49. The first-order valence-corrected chi connectivity index (χ1v) is 6.29. The molecule has 0 radical (unpaired) electrons. The van der Waals surface area contributed by atoms with Crippen molar-refractivity contribution < 1.29 is 0 Å². The molecule has 2 atom stereocenters. The molecule has 0 amide bonds. The van der Waals surface area contributed by atoms with E-state index in [1.165, 1.54) is 38.1 Å². The highest BCUT2D eigenvalue weighted by Gasteiger charge is 2.38. The molecule has 2 saturated heterocycles. The molecule has 0 aromatic heterocycles. The Morgan fingerprint density at radius 2 is 2.23 bits per heavy atom. The van der Waals surface area contributed by atoms with Crippen LogP contribution in [0.5, 0.6) is 0 Å². The Balaban J connectivity index is 1.98. The van der Waals surface area contributed by atoms with E-state index in [0.717, 1.165) is 0 Å². The van der Waals surface area contributed by atoms with E-state index in [9.17, 15) is 0 Å². The van der Waals surface area contributed by atoms with Gasteiger partial charge in [0.05, 0.1) is 4.87 Å². The summed E-state index contributed by atoms with van der Waals surface area (Å²) >= 11 is 2.15. The molecule has 1 spiro atoms. The molecule has 2 unspecified atom stereocenters. The molecule has 0 aromatic rings. The zero-order chi connectivity index (χ0) is 9.31. The smallest absolute Gasteiger partial charge is 0.0660 e. The normalized spacial score (nSPS) is 42.5. The lowest BCUT2D eigenvalue weighted by molar-refractivity contribution is 0.338. The van der Waals surface area contributed by atoms with E-state index in [-0.39, 0.29) is 0 Å². The van der Waals surface area contributed by atoms with E-state index in [4.69, 9.17) is 0 Å². The van der Waals surface area contributed by atoms with E-state index < -0.39 is 0 Å². The van der Waals surface area contributed by atoms with Crippen molar-refractivity contribution in [2.45, 2.75) is 37.1 Å². The number of thioether (sulfide) groups is 1. The predicted molar refractivity (Wildman–Crippen MR) is 59.1 cm³/mol. The van der Waals surface area contributed by atoms with E-state index in [1.807, 2.05) is 0 Å². The number of nitrogens with zero attached hydrogens (tertiary/aromatic N) is 1. The molecule has 0 aliphatic carbocycles. The van der Waals surface area contributed by atoms with Gasteiger partial charge in [-0.25, -0.2) is 0 Å². The molecule has 0 saturated carbocycles. The fraction of sp³-hybridized carbons (Fsp3) is 1.00. The highest BCUT2D eigenvalue weighted by atomic mass is 32.2. The lowest BCUT2D eigenvalue weighted by Gasteiger charge is -2.27. The van der Waals surface area contributed by atoms with Gasteiger partial charge in [-0.1, -0.05) is 0 Å². The third-order valence-corrected chi connectivity index (χ3v) is 4.88. The van der Waals surface area contributed by atoms with E-state index in [1.54, 1.807) is 0 Å². The van der Waals surface area contributed by atoms with Crippen LogP contribution in [0.25, 0.3) is 0 Å². The molecule has 3 heteroatoms. The Labute approximate surface area is 85.4 Å². The molecular weight excluding hydrogens is 180 g/mol. The number of likely N-dealkylation sites (tertiary alicyclic amines) is 1. The van der Waals surface area contributed by atoms with Crippen molar-refractivity contribution in [3.63, 3.8) is 0 Å². The largest absolute Gasteiger partial charge is 0.306 e. The summed E-state index contributed by atoms with van der Waals surface area (Å²) in [6, 6.07) is 0.716. The summed E-state index contributed by atoms with van der Waals surface area (Å²) in [6.07, 6.45) is 4.02. The number of rotatable bonds is 0. The fourth-order valence-electron chi connectivity index (χ4n) is 2.35. The summed E-state index contributed by atoms with van der Waals surface area (Å²) in [4.78, 5) is 2.89. The number of nitrogens with one attached hydrogen (secondary N) is 1. The Bertz CT molecular complexity index is 184. The Morgan fingerprint density at radius 1 is 1.38 bits per heavy atom. The molecule has 1 N–H and O–H groups in total. The molecule has 2 heterocycles. The molecular formula is C10H20N2S. The van der Waals surface area contributed by atoms with Gasteiger partial charge in [0.25, 0.3) is 0 Å². The summed E-state index contributed by atoms with van der Waals surface area (Å²) in [5.74, 6) is 1.30. The lowest BCUT2D eigenvalue weighted by Crippen LogP contribution is -2.41. The summed E-state index contributed by atoms with van der Waals surface area (Å²) in [7, 11) is 2.24. The van der Waals surface area contributed by atoms with Gasteiger partial charge < -0.3 is 4.90 Å². The molecule has 2 rings (SSSR count). The van der Waals surface area contributed by atoms with Gasteiger partial charge in [0, 0.05) is 18.3 Å². The van der Waals surface area contributed by atoms with Gasteiger partial charge in [0.15, 0.2) is 0 Å². The van der Waals surface area contributed by atoms with Gasteiger partial charge in [0.2, 0.25) is 0 Å². The molecule has 2 aliphatic heterocycles. The van der Waals surface area contributed by atoms with Crippen LogP contribution in [0, 0.1) is 0 Å². The third-order valence-electron chi connectivity index (χ3n) is 3.14. The molecule has 0 bridgehead atoms. The van der Waals surface area contributed by atoms with E-state index in [0.29, 0.717) is 10.9 Å². The molecule has 2 fully saturated rings. The first kappa shape index (κ1) is 9.81. The number of hydrogen-bond donors (Lipinski definition) is 1. The minimum absolute atomic E-state index is 0.435. The summed E-state index contributed by atoms with van der Waals surface area (Å²) in [5.41, 5.74) is 0. The third kappa shape index (κ3) is 2.20. The van der Waals surface area contributed by atoms with Gasteiger partial charge >= 0.3 is 0 Å². The van der Waals surface area contributed by atoms with Crippen molar-refractivity contribution in [3.05, 3.63) is 0 Å². The van der Waals surface area contributed by atoms with Crippen molar-refractivity contribution in [2.24, 2.45) is 0 Å². The standard InChI is InChI=1S/C10H20N2S/c1-9-8-13-10(11-9)4-3-6-12(2)7-5-10/h9,11H,3-8H2,1-2H3. The second kappa shape index (κ2) is 3.79. The maximum absolute atomic E-state index is 3.77. The predicted octanol–water partition coefficient (Wildman–Crippen LogP) is 1.52. The van der Waals surface area contributed by atoms with Crippen LogP contribution < -0.4 is 5.32 Å². The van der Waals surface area contributed by atoms with Gasteiger partial charge in [0.1, 0.15) is 0 Å². The van der Waals surface area contributed by atoms with Crippen LogP contribution in [0.4, 0.5) is 0 Å². The van der Waals surface area contributed by atoms with Crippen LogP contribution in [0.15, 0.2) is 0 Å². The summed E-state index contributed by atoms with van der Waals surface area (Å²) in [6.45, 7) is 4.83. The van der Waals surface area contributed by atoms with Crippen LogP contribution >= 0.6 is 11.8 Å². The minimum Gasteiger partial charge on any atom is -0.306 e. The van der Waals surface area contributed by atoms with Gasteiger partial charge in [-0.3, -0.25) is 5.32 Å². The molecule has 13 heavy (non-hydrogen) atoms. The Morgan fingerprint density at radius 3 is 2.92 bits per heavy atom. The lowest BCUT2D eigenvalue weighted by atomic mass is 10.1. The zero-order valence-electron chi connectivity index (χ0n) is 8.68.